The molecule has 4 nitrogen and oxygen atoms in total. The molecule has 0 radical (unpaired) electrons. The zero-order chi connectivity index (χ0) is 52.9. The van der Waals surface area contributed by atoms with E-state index in [1.54, 1.807) is 6.26 Å². The topological polar surface area (TPSA) is 78.3 Å². The van der Waals surface area contributed by atoms with Crippen LogP contribution < -0.4 is 11.5 Å². The van der Waals surface area contributed by atoms with Crippen LogP contribution >= 0.6 is 11.3 Å². The molecule has 9 rings (SSSR count). The lowest BCUT2D eigenvalue weighted by molar-refractivity contribution is 0.279. The minimum Gasteiger partial charge on any atom is -0.469 e. The number of nitrogen functional groups attached to an aromatic ring is 2. The van der Waals surface area contributed by atoms with Gasteiger partial charge in [-0.25, -0.2) is 0 Å². The molecule has 3 aliphatic carbocycles. The smallest absolute Gasteiger partial charge is 0.134 e. The van der Waals surface area contributed by atoms with Crippen LogP contribution in [0.25, 0.3) is 11.0 Å². The van der Waals surface area contributed by atoms with Gasteiger partial charge in [-0.15, -0.1) is 11.3 Å². The minimum absolute atomic E-state index is 0.470. The van der Waals surface area contributed by atoms with Gasteiger partial charge in [-0.2, -0.15) is 0 Å². The van der Waals surface area contributed by atoms with Gasteiger partial charge < -0.3 is 20.3 Å². The predicted octanol–water partition coefficient (Wildman–Crippen LogP) is 21.7. The molecule has 0 amide bonds. The molecule has 396 valence electrons. The number of para-hydroxylation sites is 2. The molecule has 71 heavy (non-hydrogen) atoms. The van der Waals surface area contributed by atoms with E-state index in [1.165, 1.54) is 92.0 Å². The molecule has 3 heterocycles. The van der Waals surface area contributed by atoms with E-state index >= 15 is 0 Å². The second-order valence-electron chi connectivity index (χ2n) is 22.8. The lowest BCUT2D eigenvalue weighted by atomic mass is 9.82. The number of benzene rings is 3. The highest BCUT2D eigenvalue weighted by molar-refractivity contribution is 7.10. The summed E-state index contributed by atoms with van der Waals surface area (Å²) in [5, 5.41) is 3.32. The standard InChI is InChI=1S/C11H12O.2C9H13N.C9H18.C8H16.C7H10O.C7H10S.C6H12/c1-8(2)11-7-9-5-3-4-6-10(9)12-11;1-7(2)8-3-5-9(10)6-4-8;1-7(2)8-5-3-4-6-9(8)10;1-8(2)9-6-4-3-5-7-9;1-7(2)8-5-3-4-6-8;2*1-6(2)7-4-3-5-8-7;1-5(2)6-3-4-6/h3-8H,1-2H3;2*3-7H,10H2,1-2H3;8-9H,3-7H2,1-2H3;7-8H,3-6H2,1-2H3;2*3-6H,1-2H3;5-6H,3-4H2,1-2H3. The van der Waals surface area contributed by atoms with Gasteiger partial charge in [0.15, 0.2) is 0 Å². The Hall–Kier alpha value is -4.22. The van der Waals surface area contributed by atoms with E-state index in [0.29, 0.717) is 29.6 Å². The van der Waals surface area contributed by atoms with Crippen LogP contribution in [0.5, 0.6) is 0 Å². The maximum atomic E-state index is 5.72. The summed E-state index contributed by atoms with van der Waals surface area (Å²) in [6.07, 6.45) is 18.1. The predicted molar refractivity (Wildman–Crippen MR) is 317 cm³/mol. The summed E-state index contributed by atoms with van der Waals surface area (Å²) in [4.78, 5) is 1.48. The van der Waals surface area contributed by atoms with Crippen LogP contribution in [-0.2, 0) is 0 Å². The third-order valence-electron chi connectivity index (χ3n) is 14.0. The monoisotopic (exact) mass is 989 g/mol. The summed E-state index contributed by atoms with van der Waals surface area (Å²) in [5.41, 5.74) is 16.6. The molecular formula is C66H104N2O2S. The Morgan fingerprint density at radius 2 is 0.958 bits per heavy atom. The lowest BCUT2D eigenvalue weighted by Crippen LogP contribution is -2.12. The Bertz CT molecular complexity index is 2070. The summed E-state index contributed by atoms with van der Waals surface area (Å²) in [6.45, 7) is 35.6. The maximum absolute atomic E-state index is 5.72. The number of fused-ring (bicyclic) bond motifs is 1. The number of furan rings is 2. The number of nitrogens with two attached hydrogens (primary N) is 2. The number of hydrogen-bond acceptors (Lipinski definition) is 5. The van der Waals surface area contributed by atoms with E-state index < -0.39 is 0 Å². The Balaban J connectivity index is 0.000000280. The molecular weight excluding hydrogens is 885 g/mol. The highest BCUT2D eigenvalue weighted by Crippen LogP contribution is 2.36. The SMILES string of the molecule is CC(C)C1CC1.CC(C)C1CCCC1.CC(C)C1CCCCC1.CC(C)c1cc2ccccc2o1.CC(C)c1ccc(N)cc1.CC(C)c1ccccc1N.CC(C)c1ccco1.CC(C)c1cccs1. The van der Waals surface area contributed by atoms with Crippen LogP contribution in [0.3, 0.4) is 0 Å². The fourth-order valence-electron chi connectivity index (χ4n) is 8.63. The van der Waals surface area contributed by atoms with Crippen LogP contribution in [0.15, 0.2) is 124 Å². The van der Waals surface area contributed by atoms with Gasteiger partial charge in [-0.3, -0.25) is 0 Å². The molecule has 0 bridgehead atoms. The second kappa shape index (κ2) is 35.0. The van der Waals surface area contributed by atoms with Crippen LogP contribution in [0.2, 0.25) is 0 Å². The molecule has 0 saturated heterocycles. The molecule has 4 N–H and O–H groups in total. The number of anilines is 2. The fraction of sp³-hybridized carbons (Fsp3) is 0.576. The van der Waals surface area contributed by atoms with E-state index in [-0.39, 0.29) is 0 Å². The second-order valence-corrected chi connectivity index (χ2v) is 23.8. The van der Waals surface area contributed by atoms with Crippen molar-refractivity contribution in [3.63, 3.8) is 0 Å². The summed E-state index contributed by atoms with van der Waals surface area (Å²) in [6, 6.07) is 34.4. The number of rotatable bonds is 8. The van der Waals surface area contributed by atoms with E-state index in [2.05, 4.69) is 159 Å². The molecule has 0 atom stereocenters. The molecule has 0 aliphatic heterocycles. The van der Waals surface area contributed by atoms with Gasteiger partial charge in [0.1, 0.15) is 17.1 Å². The van der Waals surface area contributed by atoms with Gasteiger partial charge in [0, 0.05) is 33.5 Å². The molecule has 3 saturated carbocycles. The van der Waals surface area contributed by atoms with Crippen LogP contribution in [-0.4, -0.2) is 0 Å². The quantitative estimate of drug-likeness (QED) is 0.149. The highest BCUT2D eigenvalue weighted by Gasteiger charge is 2.24. The van der Waals surface area contributed by atoms with Crippen molar-refractivity contribution in [2.45, 2.75) is 211 Å². The van der Waals surface area contributed by atoms with Crippen molar-refractivity contribution in [1.82, 2.24) is 0 Å². The summed E-state index contributed by atoms with van der Waals surface area (Å²) >= 11 is 1.83. The average Bonchev–Trinajstić information content (AvgIpc) is 3.89. The zero-order valence-corrected chi connectivity index (χ0v) is 48.8. The van der Waals surface area contributed by atoms with Crippen molar-refractivity contribution in [3.05, 3.63) is 142 Å². The number of hydrogen-bond donors (Lipinski definition) is 2. The first-order valence-electron chi connectivity index (χ1n) is 28.0. The molecule has 6 aromatic rings. The fourth-order valence-corrected chi connectivity index (χ4v) is 9.38. The first-order valence-corrected chi connectivity index (χ1v) is 28.8. The van der Waals surface area contributed by atoms with E-state index in [4.69, 9.17) is 20.3 Å². The molecule has 5 heteroatoms. The summed E-state index contributed by atoms with van der Waals surface area (Å²) in [7, 11) is 0. The molecule has 3 fully saturated rings. The van der Waals surface area contributed by atoms with Crippen molar-refractivity contribution in [1.29, 1.82) is 0 Å². The van der Waals surface area contributed by atoms with Gasteiger partial charge >= 0.3 is 0 Å². The van der Waals surface area contributed by atoms with Crippen LogP contribution in [0, 0.1) is 35.5 Å². The Kier molecular flexibility index (Phi) is 31.0. The number of thiophene rings is 1. The van der Waals surface area contributed by atoms with Gasteiger partial charge in [-0.1, -0.05) is 223 Å². The van der Waals surface area contributed by atoms with Crippen molar-refractivity contribution in [3.8, 4) is 0 Å². The Morgan fingerprint density at radius 3 is 1.30 bits per heavy atom. The van der Waals surface area contributed by atoms with Gasteiger partial charge in [-0.05, 0) is 131 Å². The average molecular weight is 990 g/mol. The normalized spacial score (nSPS) is 14.5. The third kappa shape index (κ3) is 26.9. The van der Waals surface area contributed by atoms with Gasteiger partial charge in [0.2, 0.25) is 0 Å². The molecule has 3 aromatic heterocycles. The Morgan fingerprint density at radius 1 is 0.451 bits per heavy atom. The van der Waals surface area contributed by atoms with Crippen molar-refractivity contribution in [2.75, 3.05) is 11.5 Å². The van der Waals surface area contributed by atoms with Crippen LogP contribution in [0.4, 0.5) is 11.4 Å². The van der Waals surface area contributed by atoms with E-state index in [9.17, 15) is 0 Å². The largest absolute Gasteiger partial charge is 0.469 e. The first-order chi connectivity index (χ1) is 33.7. The molecule has 0 spiro atoms. The van der Waals surface area contributed by atoms with Crippen molar-refractivity contribution < 1.29 is 8.83 Å². The van der Waals surface area contributed by atoms with Crippen molar-refractivity contribution >= 4 is 33.7 Å². The minimum atomic E-state index is 0.470. The maximum Gasteiger partial charge on any atom is 0.134 e. The Labute approximate surface area is 440 Å². The summed E-state index contributed by atoms with van der Waals surface area (Å²) in [5.74, 6) is 11.0. The van der Waals surface area contributed by atoms with Crippen molar-refractivity contribution in [2.24, 2.45) is 35.5 Å². The lowest BCUT2D eigenvalue weighted by Gasteiger charge is -2.24. The van der Waals surface area contributed by atoms with Gasteiger partial charge in [0.05, 0.1) is 6.26 Å². The molecule has 3 aromatic carbocycles. The van der Waals surface area contributed by atoms with E-state index in [0.717, 1.165) is 64.0 Å². The highest BCUT2D eigenvalue weighted by atomic mass is 32.1. The van der Waals surface area contributed by atoms with Gasteiger partial charge in [0.25, 0.3) is 0 Å². The molecule has 3 aliphatic rings. The first kappa shape index (κ1) is 62.9. The summed E-state index contributed by atoms with van der Waals surface area (Å²) < 4.78 is 10.7. The third-order valence-corrected chi connectivity index (χ3v) is 15.1. The van der Waals surface area contributed by atoms with Crippen LogP contribution in [0.1, 0.15) is 239 Å². The zero-order valence-electron chi connectivity index (χ0n) is 48.0. The van der Waals surface area contributed by atoms with E-state index in [1.807, 2.05) is 72.0 Å². The molecule has 0 unspecified atom stereocenters.